The van der Waals surface area contributed by atoms with Crippen molar-refractivity contribution in [2.75, 3.05) is 19.8 Å². The molecule has 1 heterocycles. The first kappa shape index (κ1) is 19.3. The summed E-state index contributed by atoms with van der Waals surface area (Å²) in [4.78, 5) is 14.0. The Bertz CT molecular complexity index is 719. The number of nitrogens with zero attached hydrogens (tertiary/aromatic N) is 1. The smallest absolute Gasteiger partial charge is 0.276 e. The SMILES string of the molecule is C=CCOc1c(Cl)cc(/C=C2\NC(=S)N(CCC)C2=O)cc1OCC. The minimum Gasteiger partial charge on any atom is -0.490 e. The average Bonchev–Trinajstić information content (AvgIpc) is 2.82. The Morgan fingerprint density at radius 3 is 2.76 bits per heavy atom. The molecule has 1 fully saturated rings. The van der Waals surface area contributed by atoms with Gasteiger partial charge in [-0.15, -0.1) is 0 Å². The predicted octanol–water partition coefficient (Wildman–Crippen LogP) is 3.77. The largest absolute Gasteiger partial charge is 0.490 e. The van der Waals surface area contributed by atoms with Crippen molar-refractivity contribution in [1.29, 1.82) is 0 Å². The van der Waals surface area contributed by atoms with Crippen LogP contribution < -0.4 is 14.8 Å². The summed E-state index contributed by atoms with van der Waals surface area (Å²) in [7, 11) is 0. The highest BCUT2D eigenvalue weighted by Crippen LogP contribution is 2.37. The fraction of sp³-hybridized carbons (Fsp3) is 0.333. The van der Waals surface area contributed by atoms with E-state index < -0.39 is 0 Å². The second-order valence-electron chi connectivity index (χ2n) is 5.31. The van der Waals surface area contributed by atoms with Gasteiger partial charge in [-0.2, -0.15) is 0 Å². The van der Waals surface area contributed by atoms with Crippen molar-refractivity contribution in [3.05, 3.63) is 41.1 Å². The van der Waals surface area contributed by atoms with Crippen LogP contribution in [0, 0.1) is 0 Å². The molecule has 1 aromatic rings. The van der Waals surface area contributed by atoms with Crippen LogP contribution in [0.4, 0.5) is 0 Å². The number of rotatable bonds is 8. The summed E-state index contributed by atoms with van der Waals surface area (Å²) in [6.07, 6.45) is 4.17. The van der Waals surface area contributed by atoms with E-state index >= 15 is 0 Å². The van der Waals surface area contributed by atoms with Crippen LogP contribution in [0.5, 0.6) is 11.5 Å². The van der Waals surface area contributed by atoms with Gasteiger partial charge in [0.1, 0.15) is 12.3 Å². The lowest BCUT2D eigenvalue weighted by molar-refractivity contribution is -0.122. The molecular weight excluding hydrogens is 360 g/mol. The number of thiocarbonyl (C=S) groups is 1. The van der Waals surface area contributed by atoms with E-state index in [0.29, 0.717) is 47.1 Å². The third kappa shape index (κ3) is 4.52. The quantitative estimate of drug-likeness (QED) is 0.422. The second kappa shape index (κ2) is 8.87. The third-order valence-electron chi connectivity index (χ3n) is 3.40. The summed E-state index contributed by atoms with van der Waals surface area (Å²) in [5.74, 6) is 0.828. The summed E-state index contributed by atoms with van der Waals surface area (Å²) in [6.45, 7) is 8.86. The van der Waals surface area contributed by atoms with Crippen molar-refractivity contribution in [3.8, 4) is 11.5 Å². The van der Waals surface area contributed by atoms with E-state index in [-0.39, 0.29) is 5.91 Å². The first-order valence-electron chi connectivity index (χ1n) is 8.06. The molecule has 2 rings (SSSR count). The minimum absolute atomic E-state index is 0.145. The predicted molar refractivity (Wildman–Crippen MR) is 104 cm³/mol. The average molecular weight is 381 g/mol. The molecule has 0 spiro atoms. The third-order valence-corrected chi connectivity index (χ3v) is 4.00. The molecule has 0 unspecified atom stereocenters. The highest BCUT2D eigenvalue weighted by atomic mass is 35.5. The molecule has 1 aliphatic rings. The summed E-state index contributed by atoms with van der Waals surface area (Å²) in [6, 6.07) is 3.50. The molecule has 0 bridgehead atoms. The Balaban J connectivity index is 2.35. The van der Waals surface area contributed by atoms with E-state index in [1.807, 2.05) is 13.8 Å². The van der Waals surface area contributed by atoms with Gasteiger partial charge in [0, 0.05) is 6.54 Å². The Morgan fingerprint density at radius 1 is 1.36 bits per heavy atom. The van der Waals surface area contributed by atoms with Crippen LogP contribution in [0.1, 0.15) is 25.8 Å². The van der Waals surface area contributed by atoms with Gasteiger partial charge in [0.05, 0.1) is 11.6 Å². The number of carbonyl (C=O) groups is 1. The van der Waals surface area contributed by atoms with Crippen molar-refractivity contribution in [1.82, 2.24) is 10.2 Å². The Hall–Kier alpha value is -2.05. The lowest BCUT2D eigenvalue weighted by Crippen LogP contribution is -2.31. The van der Waals surface area contributed by atoms with Crippen molar-refractivity contribution >= 4 is 40.9 Å². The van der Waals surface area contributed by atoms with Crippen LogP contribution in [-0.2, 0) is 4.79 Å². The van der Waals surface area contributed by atoms with Gasteiger partial charge in [-0.25, -0.2) is 0 Å². The summed E-state index contributed by atoms with van der Waals surface area (Å²) in [5, 5.41) is 3.77. The summed E-state index contributed by atoms with van der Waals surface area (Å²) in [5.41, 5.74) is 1.13. The van der Waals surface area contributed by atoms with Gasteiger partial charge in [-0.1, -0.05) is 31.2 Å². The normalized spacial score (nSPS) is 15.5. The maximum absolute atomic E-state index is 12.4. The molecule has 134 valence electrons. The number of amides is 1. The molecule has 1 N–H and O–H groups in total. The van der Waals surface area contributed by atoms with E-state index in [1.165, 1.54) is 0 Å². The molecule has 1 aliphatic heterocycles. The Kier molecular flexibility index (Phi) is 6.84. The maximum atomic E-state index is 12.4. The standard InChI is InChI=1S/C18H21ClN2O3S/c1-4-7-21-17(22)14(20-18(21)25)10-12-9-13(19)16(24-8-5-2)15(11-12)23-6-3/h5,9-11H,2,4,6-8H2,1,3H3,(H,20,25)/b14-10-. The highest BCUT2D eigenvalue weighted by Gasteiger charge is 2.29. The molecule has 0 radical (unpaired) electrons. The maximum Gasteiger partial charge on any atom is 0.276 e. The van der Waals surface area contributed by atoms with Crippen molar-refractivity contribution in [3.63, 3.8) is 0 Å². The Labute approximate surface area is 158 Å². The van der Waals surface area contributed by atoms with Gasteiger partial charge >= 0.3 is 0 Å². The van der Waals surface area contributed by atoms with Crippen LogP contribution >= 0.6 is 23.8 Å². The minimum atomic E-state index is -0.145. The molecule has 0 atom stereocenters. The summed E-state index contributed by atoms with van der Waals surface area (Å²) < 4.78 is 11.2. The zero-order valence-electron chi connectivity index (χ0n) is 14.3. The first-order chi connectivity index (χ1) is 12.0. The van der Waals surface area contributed by atoms with Crippen molar-refractivity contribution < 1.29 is 14.3 Å². The lowest BCUT2D eigenvalue weighted by Gasteiger charge is -2.13. The van der Waals surface area contributed by atoms with Crippen LogP contribution in [0.25, 0.3) is 6.08 Å². The van der Waals surface area contributed by atoms with Crippen LogP contribution in [-0.4, -0.2) is 35.7 Å². The van der Waals surface area contributed by atoms with Gasteiger partial charge in [-0.3, -0.25) is 9.69 Å². The molecule has 7 heteroatoms. The van der Waals surface area contributed by atoms with Gasteiger partial charge in [0.25, 0.3) is 5.91 Å². The van der Waals surface area contributed by atoms with Crippen molar-refractivity contribution in [2.45, 2.75) is 20.3 Å². The molecule has 25 heavy (non-hydrogen) atoms. The molecule has 0 aliphatic carbocycles. The number of nitrogens with one attached hydrogen (secondary N) is 1. The fourth-order valence-corrected chi connectivity index (χ4v) is 2.94. The topological polar surface area (TPSA) is 50.8 Å². The van der Waals surface area contributed by atoms with Gasteiger partial charge in [-0.05, 0) is 49.3 Å². The molecular formula is C18H21ClN2O3S. The zero-order chi connectivity index (χ0) is 18.4. The monoisotopic (exact) mass is 380 g/mol. The van der Waals surface area contributed by atoms with Gasteiger partial charge < -0.3 is 14.8 Å². The lowest BCUT2D eigenvalue weighted by atomic mass is 10.1. The number of carbonyl (C=O) groups excluding carboxylic acids is 1. The van der Waals surface area contributed by atoms with Crippen molar-refractivity contribution in [2.24, 2.45) is 0 Å². The van der Waals surface area contributed by atoms with E-state index in [4.69, 9.17) is 33.3 Å². The molecule has 1 saturated heterocycles. The van der Waals surface area contributed by atoms with Gasteiger partial charge in [0.2, 0.25) is 0 Å². The highest BCUT2D eigenvalue weighted by molar-refractivity contribution is 7.80. The molecule has 0 aromatic heterocycles. The van der Waals surface area contributed by atoms with Gasteiger partial charge in [0.15, 0.2) is 16.6 Å². The Morgan fingerprint density at radius 2 is 2.12 bits per heavy atom. The fourth-order valence-electron chi connectivity index (χ4n) is 2.38. The van der Waals surface area contributed by atoms with E-state index in [2.05, 4.69) is 11.9 Å². The number of hydrogen-bond acceptors (Lipinski definition) is 4. The second-order valence-corrected chi connectivity index (χ2v) is 6.10. The molecule has 1 amide bonds. The van der Waals surface area contributed by atoms with Crippen LogP contribution in [0.3, 0.4) is 0 Å². The van der Waals surface area contributed by atoms with E-state index in [1.54, 1.807) is 29.2 Å². The number of ether oxygens (including phenoxy) is 2. The van der Waals surface area contributed by atoms with Crippen LogP contribution in [0.2, 0.25) is 5.02 Å². The molecule has 1 aromatic carbocycles. The van der Waals surface area contributed by atoms with E-state index in [0.717, 1.165) is 12.0 Å². The van der Waals surface area contributed by atoms with E-state index in [9.17, 15) is 4.79 Å². The number of halogens is 1. The number of hydrogen-bond donors (Lipinski definition) is 1. The zero-order valence-corrected chi connectivity index (χ0v) is 15.9. The van der Waals surface area contributed by atoms with Crippen LogP contribution in [0.15, 0.2) is 30.5 Å². The number of benzene rings is 1. The molecule has 0 saturated carbocycles. The molecule has 5 nitrogen and oxygen atoms in total. The summed E-state index contributed by atoms with van der Waals surface area (Å²) >= 11 is 11.5. The first-order valence-corrected chi connectivity index (χ1v) is 8.85.